The van der Waals surface area contributed by atoms with Crippen LogP contribution < -0.4 is 9.64 Å². The Morgan fingerprint density at radius 2 is 1.81 bits per heavy atom. The van der Waals surface area contributed by atoms with E-state index in [9.17, 15) is 10.1 Å². The highest BCUT2D eigenvalue weighted by Crippen LogP contribution is 2.34. The smallest absolute Gasteiger partial charge is 0.372 e. The van der Waals surface area contributed by atoms with Gasteiger partial charge in [0.05, 0.1) is 11.5 Å². The number of rotatable bonds is 8. The van der Waals surface area contributed by atoms with Gasteiger partial charge in [0.15, 0.2) is 0 Å². The quantitative estimate of drug-likeness (QED) is 0.542. The molecular formula is C14H24N4O3. The first-order valence-corrected chi connectivity index (χ1v) is 7.23. The maximum atomic E-state index is 11.4. The van der Waals surface area contributed by atoms with Crippen molar-refractivity contribution in [3.8, 4) is 5.88 Å². The van der Waals surface area contributed by atoms with Crippen molar-refractivity contribution < 1.29 is 9.66 Å². The van der Waals surface area contributed by atoms with Crippen LogP contribution in [-0.2, 0) is 0 Å². The molecule has 0 saturated heterocycles. The van der Waals surface area contributed by atoms with Crippen molar-refractivity contribution >= 4 is 11.5 Å². The highest BCUT2D eigenvalue weighted by molar-refractivity contribution is 5.62. The SMILES string of the molecule is CCOc1ncnc(N(CC(C)C)CC(C)C)c1[N+](=O)[O-]. The molecule has 0 aliphatic heterocycles. The van der Waals surface area contributed by atoms with Gasteiger partial charge < -0.3 is 9.64 Å². The zero-order valence-corrected chi connectivity index (χ0v) is 13.4. The van der Waals surface area contributed by atoms with Crippen molar-refractivity contribution in [3.05, 3.63) is 16.4 Å². The van der Waals surface area contributed by atoms with Gasteiger partial charge in [0.1, 0.15) is 6.33 Å². The van der Waals surface area contributed by atoms with E-state index in [2.05, 4.69) is 37.7 Å². The van der Waals surface area contributed by atoms with E-state index in [4.69, 9.17) is 4.74 Å². The standard InChI is InChI=1S/C14H24N4O3/c1-6-21-14-12(18(19)20)13(15-9-16-14)17(7-10(2)3)8-11(4)5/h9-11H,6-8H2,1-5H3. The maximum Gasteiger partial charge on any atom is 0.372 e. The predicted octanol–water partition coefficient (Wildman–Crippen LogP) is 2.90. The molecule has 1 rings (SSSR count). The molecule has 0 fully saturated rings. The van der Waals surface area contributed by atoms with Crippen molar-refractivity contribution in [2.24, 2.45) is 11.8 Å². The molecule has 0 N–H and O–H groups in total. The zero-order chi connectivity index (χ0) is 16.0. The van der Waals surface area contributed by atoms with Gasteiger partial charge in [0.2, 0.25) is 5.82 Å². The van der Waals surface area contributed by atoms with Crippen LogP contribution in [0.1, 0.15) is 34.6 Å². The molecule has 0 saturated carbocycles. The first-order chi connectivity index (χ1) is 9.86. The Morgan fingerprint density at radius 3 is 2.24 bits per heavy atom. The summed E-state index contributed by atoms with van der Waals surface area (Å²) in [6.45, 7) is 11.8. The van der Waals surface area contributed by atoms with Crippen LogP contribution >= 0.6 is 0 Å². The number of hydrogen-bond acceptors (Lipinski definition) is 6. The molecule has 0 amide bonds. The van der Waals surface area contributed by atoms with Crippen LogP contribution in [-0.4, -0.2) is 34.6 Å². The van der Waals surface area contributed by atoms with E-state index in [-0.39, 0.29) is 11.6 Å². The van der Waals surface area contributed by atoms with Gasteiger partial charge in [-0.3, -0.25) is 10.1 Å². The van der Waals surface area contributed by atoms with Gasteiger partial charge in [-0.1, -0.05) is 27.7 Å². The molecule has 0 spiro atoms. The number of nitro groups is 1. The Kier molecular flexibility index (Phi) is 6.33. The van der Waals surface area contributed by atoms with Gasteiger partial charge in [0, 0.05) is 13.1 Å². The molecule has 7 heteroatoms. The molecule has 0 aromatic carbocycles. The Labute approximate surface area is 125 Å². The fourth-order valence-corrected chi connectivity index (χ4v) is 2.12. The molecule has 21 heavy (non-hydrogen) atoms. The molecule has 7 nitrogen and oxygen atoms in total. The third kappa shape index (κ3) is 4.84. The first kappa shape index (κ1) is 17.1. The van der Waals surface area contributed by atoms with Crippen LogP contribution in [0.25, 0.3) is 0 Å². The van der Waals surface area contributed by atoms with E-state index in [1.54, 1.807) is 6.92 Å². The fraction of sp³-hybridized carbons (Fsp3) is 0.714. The highest BCUT2D eigenvalue weighted by atomic mass is 16.6. The Hall–Kier alpha value is -1.92. The third-order valence-electron chi connectivity index (χ3n) is 2.70. The fourth-order valence-electron chi connectivity index (χ4n) is 2.12. The monoisotopic (exact) mass is 296 g/mol. The van der Waals surface area contributed by atoms with Crippen LogP contribution in [0, 0.1) is 22.0 Å². The van der Waals surface area contributed by atoms with Gasteiger partial charge in [0.25, 0.3) is 5.88 Å². The van der Waals surface area contributed by atoms with Crippen molar-refractivity contribution in [3.63, 3.8) is 0 Å². The van der Waals surface area contributed by atoms with Crippen molar-refractivity contribution in [2.75, 3.05) is 24.6 Å². The lowest BCUT2D eigenvalue weighted by molar-refractivity contribution is -0.385. The molecule has 0 aliphatic rings. The van der Waals surface area contributed by atoms with E-state index >= 15 is 0 Å². The lowest BCUT2D eigenvalue weighted by atomic mass is 10.1. The van der Waals surface area contributed by atoms with Gasteiger partial charge in [-0.15, -0.1) is 0 Å². The molecule has 0 unspecified atom stereocenters. The van der Waals surface area contributed by atoms with E-state index < -0.39 is 4.92 Å². The summed E-state index contributed by atoms with van der Waals surface area (Å²) in [4.78, 5) is 20.9. The van der Waals surface area contributed by atoms with Crippen molar-refractivity contribution in [2.45, 2.75) is 34.6 Å². The van der Waals surface area contributed by atoms with Gasteiger partial charge >= 0.3 is 5.69 Å². The maximum absolute atomic E-state index is 11.4. The molecule has 1 heterocycles. The second kappa shape index (κ2) is 7.75. The summed E-state index contributed by atoms with van der Waals surface area (Å²) in [6.07, 6.45) is 1.32. The molecule has 0 atom stereocenters. The van der Waals surface area contributed by atoms with E-state index in [0.29, 0.717) is 37.4 Å². The van der Waals surface area contributed by atoms with Crippen molar-refractivity contribution in [1.29, 1.82) is 0 Å². The average molecular weight is 296 g/mol. The second-order valence-electron chi connectivity index (χ2n) is 5.73. The number of anilines is 1. The van der Waals surface area contributed by atoms with E-state index in [1.165, 1.54) is 6.33 Å². The summed E-state index contributed by atoms with van der Waals surface area (Å²) in [5.41, 5.74) is -0.152. The number of nitrogens with zero attached hydrogens (tertiary/aromatic N) is 4. The van der Waals surface area contributed by atoms with Crippen LogP contribution in [0.4, 0.5) is 11.5 Å². The van der Waals surface area contributed by atoms with Gasteiger partial charge in [-0.25, -0.2) is 4.98 Å². The molecule has 1 aromatic rings. The minimum absolute atomic E-state index is 0.0324. The van der Waals surface area contributed by atoms with E-state index in [1.807, 2.05) is 4.90 Å². The molecular weight excluding hydrogens is 272 g/mol. The van der Waals surface area contributed by atoms with Gasteiger partial charge in [-0.05, 0) is 18.8 Å². The number of hydrogen-bond donors (Lipinski definition) is 0. The summed E-state index contributed by atoms with van der Waals surface area (Å²) in [6, 6.07) is 0. The third-order valence-corrected chi connectivity index (χ3v) is 2.70. The van der Waals surface area contributed by atoms with E-state index in [0.717, 1.165) is 0 Å². The number of aromatic nitrogens is 2. The molecule has 0 aliphatic carbocycles. The Bertz CT molecular complexity index is 467. The van der Waals surface area contributed by atoms with Crippen molar-refractivity contribution in [1.82, 2.24) is 9.97 Å². The summed E-state index contributed by atoms with van der Waals surface area (Å²) in [7, 11) is 0. The van der Waals surface area contributed by atoms with Crippen LogP contribution in [0.3, 0.4) is 0 Å². The topological polar surface area (TPSA) is 81.4 Å². The minimum Gasteiger partial charge on any atom is -0.473 e. The van der Waals surface area contributed by atoms with Crippen LogP contribution in [0.2, 0.25) is 0 Å². The first-order valence-electron chi connectivity index (χ1n) is 7.23. The largest absolute Gasteiger partial charge is 0.473 e. The minimum atomic E-state index is -0.464. The lowest BCUT2D eigenvalue weighted by Gasteiger charge is -2.27. The van der Waals surface area contributed by atoms with Crippen LogP contribution in [0.5, 0.6) is 5.88 Å². The molecule has 0 bridgehead atoms. The van der Waals surface area contributed by atoms with Gasteiger partial charge in [-0.2, -0.15) is 4.98 Å². The second-order valence-corrected chi connectivity index (χ2v) is 5.73. The highest BCUT2D eigenvalue weighted by Gasteiger charge is 2.28. The molecule has 118 valence electrons. The molecule has 0 radical (unpaired) electrons. The summed E-state index contributed by atoms with van der Waals surface area (Å²) < 4.78 is 5.28. The zero-order valence-electron chi connectivity index (χ0n) is 13.4. The average Bonchev–Trinajstić information content (AvgIpc) is 2.36. The van der Waals surface area contributed by atoms with Crippen LogP contribution in [0.15, 0.2) is 6.33 Å². The summed E-state index contributed by atoms with van der Waals surface area (Å²) in [5, 5.41) is 11.4. The number of ether oxygens (including phenoxy) is 1. The Balaban J connectivity index is 3.28. The predicted molar refractivity (Wildman–Crippen MR) is 81.7 cm³/mol. The summed E-state index contributed by atoms with van der Waals surface area (Å²) in [5.74, 6) is 1.11. The lowest BCUT2D eigenvalue weighted by Crippen LogP contribution is -2.32. The Morgan fingerprint density at radius 1 is 1.24 bits per heavy atom. The summed E-state index contributed by atoms with van der Waals surface area (Å²) >= 11 is 0. The molecule has 1 aromatic heterocycles. The normalized spacial score (nSPS) is 11.0.